The molecular weight excluding hydrogens is 375 g/mol. The zero-order valence-corrected chi connectivity index (χ0v) is 13.8. The second kappa shape index (κ2) is 6.67. The van der Waals surface area contributed by atoms with Gasteiger partial charge in [0.1, 0.15) is 12.2 Å². The van der Waals surface area contributed by atoms with Gasteiger partial charge in [0.15, 0.2) is 0 Å². The number of likely N-dealkylation sites (N-methyl/N-ethyl adjacent to an activating group) is 1. The van der Waals surface area contributed by atoms with Gasteiger partial charge in [-0.2, -0.15) is 5.10 Å². The molecule has 2 rings (SSSR count). The molecule has 0 aliphatic carbocycles. The van der Waals surface area contributed by atoms with Gasteiger partial charge in [-0.1, -0.05) is 18.5 Å². The van der Waals surface area contributed by atoms with Gasteiger partial charge in [-0.25, -0.2) is 4.98 Å². The molecule has 0 aliphatic rings. The molecule has 6 heteroatoms. The summed E-state index contributed by atoms with van der Waals surface area (Å²) in [7, 11) is 1.91. The number of nitrogens with zero attached hydrogens (tertiary/aromatic N) is 3. The fourth-order valence-corrected chi connectivity index (χ4v) is 2.90. The molecule has 0 aliphatic heterocycles. The van der Waals surface area contributed by atoms with Crippen LogP contribution in [-0.4, -0.2) is 21.3 Å². The molecule has 0 spiro atoms. The van der Waals surface area contributed by atoms with Crippen molar-refractivity contribution in [3.05, 3.63) is 44.5 Å². The standard InChI is InChI=1S/C13H16ClIN4/c1-3-16-12(7-13-17-8-18-19(13)2)10-6-9(14)4-5-11(10)15/h4-6,8,12,16H,3,7H2,1-2H3. The van der Waals surface area contributed by atoms with E-state index in [1.165, 1.54) is 9.13 Å². The molecule has 1 N–H and O–H groups in total. The summed E-state index contributed by atoms with van der Waals surface area (Å²) in [5.41, 5.74) is 1.21. The monoisotopic (exact) mass is 390 g/mol. The van der Waals surface area contributed by atoms with E-state index >= 15 is 0 Å². The molecule has 0 amide bonds. The number of hydrogen-bond donors (Lipinski definition) is 1. The number of rotatable bonds is 5. The normalized spacial score (nSPS) is 12.6. The summed E-state index contributed by atoms with van der Waals surface area (Å²) in [6.45, 7) is 2.99. The Morgan fingerprint density at radius 2 is 2.26 bits per heavy atom. The summed E-state index contributed by atoms with van der Waals surface area (Å²) in [6.07, 6.45) is 2.38. The maximum Gasteiger partial charge on any atom is 0.138 e. The van der Waals surface area contributed by atoms with E-state index < -0.39 is 0 Å². The van der Waals surface area contributed by atoms with E-state index in [0.29, 0.717) is 0 Å². The van der Waals surface area contributed by atoms with Crippen molar-refractivity contribution in [2.75, 3.05) is 6.54 Å². The Labute approximate surface area is 131 Å². The van der Waals surface area contributed by atoms with Gasteiger partial charge in [0, 0.05) is 28.1 Å². The Hall–Kier alpha value is -0.660. The predicted octanol–water partition coefficient (Wildman–Crippen LogP) is 2.97. The zero-order valence-electron chi connectivity index (χ0n) is 10.9. The van der Waals surface area contributed by atoms with Crippen LogP contribution in [0.15, 0.2) is 24.5 Å². The number of nitrogens with one attached hydrogen (secondary N) is 1. The van der Waals surface area contributed by atoms with Crippen LogP contribution in [0, 0.1) is 3.57 Å². The topological polar surface area (TPSA) is 42.7 Å². The second-order valence-electron chi connectivity index (χ2n) is 4.28. The van der Waals surface area contributed by atoms with Crippen LogP contribution in [0.25, 0.3) is 0 Å². The van der Waals surface area contributed by atoms with Crippen molar-refractivity contribution in [2.24, 2.45) is 7.05 Å². The van der Waals surface area contributed by atoms with Gasteiger partial charge >= 0.3 is 0 Å². The summed E-state index contributed by atoms with van der Waals surface area (Å²) in [4.78, 5) is 4.29. The summed E-state index contributed by atoms with van der Waals surface area (Å²) < 4.78 is 3.01. The van der Waals surface area contributed by atoms with Crippen molar-refractivity contribution in [1.82, 2.24) is 20.1 Å². The SMILES string of the molecule is CCNC(Cc1ncnn1C)c1cc(Cl)ccc1I. The molecule has 1 atom stereocenters. The first-order chi connectivity index (χ1) is 9.11. The van der Waals surface area contributed by atoms with E-state index in [0.717, 1.165) is 23.8 Å². The van der Waals surface area contributed by atoms with Crippen LogP contribution in [-0.2, 0) is 13.5 Å². The molecule has 102 valence electrons. The highest BCUT2D eigenvalue weighted by Crippen LogP contribution is 2.26. The third-order valence-corrected chi connectivity index (χ3v) is 4.19. The fraction of sp³-hybridized carbons (Fsp3) is 0.385. The number of aryl methyl sites for hydroxylation is 1. The molecule has 4 nitrogen and oxygen atoms in total. The third kappa shape index (κ3) is 3.67. The van der Waals surface area contributed by atoms with Gasteiger partial charge in [0.05, 0.1) is 0 Å². The molecular formula is C13H16ClIN4. The Morgan fingerprint density at radius 1 is 1.47 bits per heavy atom. The molecule has 19 heavy (non-hydrogen) atoms. The molecule has 1 unspecified atom stereocenters. The highest BCUT2D eigenvalue weighted by atomic mass is 127. The molecule has 0 saturated carbocycles. The Bertz CT molecular complexity index is 555. The zero-order chi connectivity index (χ0) is 13.8. The van der Waals surface area contributed by atoms with E-state index in [2.05, 4.69) is 44.9 Å². The van der Waals surface area contributed by atoms with Crippen molar-refractivity contribution in [2.45, 2.75) is 19.4 Å². The molecule has 1 aromatic heterocycles. The summed E-state index contributed by atoms with van der Waals surface area (Å²) in [6, 6.07) is 6.17. The summed E-state index contributed by atoms with van der Waals surface area (Å²) in [5, 5.41) is 8.36. The molecule has 1 aromatic carbocycles. The smallest absolute Gasteiger partial charge is 0.138 e. The number of halogens is 2. The van der Waals surface area contributed by atoms with Crippen molar-refractivity contribution < 1.29 is 0 Å². The van der Waals surface area contributed by atoms with Gasteiger partial charge < -0.3 is 5.32 Å². The first-order valence-electron chi connectivity index (χ1n) is 6.13. The lowest BCUT2D eigenvalue weighted by Crippen LogP contribution is -2.25. The first kappa shape index (κ1) is 14.7. The van der Waals surface area contributed by atoms with Crippen molar-refractivity contribution in [3.8, 4) is 0 Å². The van der Waals surface area contributed by atoms with Gasteiger partial charge in [0.2, 0.25) is 0 Å². The number of hydrogen-bond acceptors (Lipinski definition) is 3. The number of benzene rings is 1. The maximum atomic E-state index is 6.11. The molecule has 0 bridgehead atoms. The minimum atomic E-state index is 0.193. The maximum absolute atomic E-state index is 6.11. The van der Waals surface area contributed by atoms with Crippen LogP contribution < -0.4 is 5.32 Å². The summed E-state index contributed by atoms with van der Waals surface area (Å²) in [5.74, 6) is 0.960. The van der Waals surface area contributed by atoms with Gasteiger partial charge in [0.25, 0.3) is 0 Å². The molecule has 1 heterocycles. The van der Waals surface area contributed by atoms with Crippen LogP contribution in [0.3, 0.4) is 0 Å². The quantitative estimate of drug-likeness (QED) is 0.798. The van der Waals surface area contributed by atoms with Crippen molar-refractivity contribution in [3.63, 3.8) is 0 Å². The Morgan fingerprint density at radius 3 is 2.89 bits per heavy atom. The summed E-state index contributed by atoms with van der Waals surface area (Å²) >= 11 is 8.45. The fourth-order valence-electron chi connectivity index (χ4n) is 2.01. The third-order valence-electron chi connectivity index (χ3n) is 2.98. The van der Waals surface area contributed by atoms with Crippen LogP contribution in [0.4, 0.5) is 0 Å². The average molecular weight is 391 g/mol. The Kier molecular flexibility index (Phi) is 5.18. The lowest BCUT2D eigenvalue weighted by molar-refractivity contribution is 0.520. The van der Waals surface area contributed by atoms with Crippen LogP contribution in [0.5, 0.6) is 0 Å². The van der Waals surface area contributed by atoms with Gasteiger partial charge in [-0.15, -0.1) is 0 Å². The lowest BCUT2D eigenvalue weighted by atomic mass is 10.0. The first-order valence-corrected chi connectivity index (χ1v) is 7.58. The highest BCUT2D eigenvalue weighted by molar-refractivity contribution is 14.1. The largest absolute Gasteiger partial charge is 0.310 e. The molecule has 0 radical (unpaired) electrons. The second-order valence-corrected chi connectivity index (χ2v) is 5.88. The Balaban J connectivity index is 2.29. The number of aromatic nitrogens is 3. The molecule has 0 fully saturated rings. The average Bonchev–Trinajstić information content (AvgIpc) is 2.78. The van der Waals surface area contributed by atoms with Crippen molar-refractivity contribution >= 4 is 34.2 Å². The van der Waals surface area contributed by atoms with Crippen LogP contribution in [0.1, 0.15) is 24.4 Å². The minimum Gasteiger partial charge on any atom is -0.310 e. The van der Waals surface area contributed by atoms with E-state index in [4.69, 9.17) is 11.6 Å². The van der Waals surface area contributed by atoms with Crippen molar-refractivity contribution in [1.29, 1.82) is 0 Å². The van der Waals surface area contributed by atoms with E-state index in [1.807, 2.05) is 29.9 Å². The lowest BCUT2D eigenvalue weighted by Gasteiger charge is -2.19. The highest BCUT2D eigenvalue weighted by Gasteiger charge is 2.17. The van der Waals surface area contributed by atoms with Gasteiger partial charge in [-0.05, 0) is 52.9 Å². The van der Waals surface area contributed by atoms with E-state index in [1.54, 1.807) is 6.33 Å². The predicted molar refractivity (Wildman–Crippen MR) is 85.3 cm³/mol. The van der Waals surface area contributed by atoms with Crippen LogP contribution in [0.2, 0.25) is 5.02 Å². The van der Waals surface area contributed by atoms with E-state index in [-0.39, 0.29) is 6.04 Å². The van der Waals surface area contributed by atoms with Crippen LogP contribution >= 0.6 is 34.2 Å². The molecule has 2 aromatic rings. The minimum absolute atomic E-state index is 0.193. The van der Waals surface area contributed by atoms with Gasteiger partial charge in [-0.3, -0.25) is 4.68 Å². The molecule has 0 saturated heterocycles. The van der Waals surface area contributed by atoms with E-state index in [9.17, 15) is 0 Å².